The highest BCUT2D eigenvalue weighted by Crippen LogP contribution is 2.45. The lowest BCUT2D eigenvalue weighted by molar-refractivity contribution is 0.258. The first-order chi connectivity index (χ1) is 9.98. The van der Waals surface area contributed by atoms with Crippen LogP contribution in [0.25, 0.3) is 0 Å². The van der Waals surface area contributed by atoms with E-state index in [-0.39, 0.29) is 0 Å². The molecular formula is C17H29N3S. The third-order valence-corrected chi connectivity index (χ3v) is 6.04. The van der Waals surface area contributed by atoms with Crippen LogP contribution in [-0.2, 0) is 6.42 Å². The van der Waals surface area contributed by atoms with Crippen LogP contribution in [0.2, 0.25) is 0 Å². The molecule has 0 radical (unpaired) electrons. The van der Waals surface area contributed by atoms with E-state index in [4.69, 9.17) is 4.98 Å². The maximum Gasteiger partial charge on any atom is 0.185 e. The molecule has 2 atom stereocenters. The van der Waals surface area contributed by atoms with Gasteiger partial charge in [0.25, 0.3) is 0 Å². The molecule has 4 heteroatoms. The monoisotopic (exact) mass is 307 g/mol. The van der Waals surface area contributed by atoms with Gasteiger partial charge in [-0.05, 0) is 43.6 Å². The normalized spacial score (nSPS) is 27.9. The highest BCUT2D eigenvalue weighted by atomic mass is 32.1. The Balaban J connectivity index is 1.84. The van der Waals surface area contributed by atoms with Crippen molar-refractivity contribution in [2.24, 2.45) is 11.3 Å². The van der Waals surface area contributed by atoms with Gasteiger partial charge in [0.1, 0.15) is 0 Å². The van der Waals surface area contributed by atoms with Crippen LogP contribution >= 0.6 is 11.3 Å². The molecule has 1 aliphatic heterocycles. The van der Waals surface area contributed by atoms with E-state index in [1.54, 1.807) is 0 Å². The van der Waals surface area contributed by atoms with Crippen LogP contribution in [0.15, 0.2) is 0 Å². The summed E-state index contributed by atoms with van der Waals surface area (Å²) >= 11 is 1.95. The van der Waals surface area contributed by atoms with Crippen LogP contribution in [-0.4, -0.2) is 24.6 Å². The second kappa shape index (κ2) is 5.88. The number of aromatic nitrogens is 1. The lowest BCUT2D eigenvalue weighted by atomic mass is 9.76. The molecule has 0 aromatic carbocycles. The topological polar surface area (TPSA) is 28.2 Å². The highest BCUT2D eigenvalue weighted by Gasteiger charge is 2.35. The van der Waals surface area contributed by atoms with Crippen molar-refractivity contribution in [1.82, 2.24) is 10.3 Å². The van der Waals surface area contributed by atoms with Gasteiger partial charge in [-0.15, -0.1) is 0 Å². The number of thiazole rings is 1. The first-order valence-corrected chi connectivity index (χ1v) is 9.28. The van der Waals surface area contributed by atoms with Crippen molar-refractivity contribution in [3.8, 4) is 0 Å². The Labute approximate surface area is 133 Å². The molecule has 0 saturated carbocycles. The van der Waals surface area contributed by atoms with Gasteiger partial charge in [0.15, 0.2) is 5.13 Å². The van der Waals surface area contributed by atoms with Crippen molar-refractivity contribution < 1.29 is 0 Å². The summed E-state index contributed by atoms with van der Waals surface area (Å²) in [6, 6.07) is 0.509. The molecule has 1 aromatic heterocycles. The predicted octanol–water partition coefficient (Wildman–Crippen LogP) is 4.00. The minimum Gasteiger partial charge on any atom is -0.348 e. The van der Waals surface area contributed by atoms with Crippen LogP contribution < -0.4 is 10.2 Å². The summed E-state index contributed by atoms with van der Waals surface area (Å²) in [7, 11) is 0. The zero-order valence-corrected chi connectivity index (χ0v) is 14.7. The van der Waals surface area contributed by atoms with Gasteiger partial charge in [0.2, 0.25) is 0 Å². The van der Waals surface area contributed by atoms with E-state index in [0.717, 1.165) is 18.9 Å². The summed E-state index contributed by atoms with van der Waals surface area (Å²) in [4.78, 5) is 9.03. The van der Waals surface area contributed by atoms with E-state index in [0.29, 0.717) is 11.5 Å². The minimum atomic E-state index is 0.363. The summed E-state index contributed by atoms with van der Waals surface area (Å²) in [6.45, 7) is 12.8. The zero-order valence-electron chi connectivity index (χ0n) is 13.9. The molecule has 0 bridgehead atoms. The van der Waals surface area contributed by atoms with E-state index in [2.05, 4.69) is 37.9 Å². The zero-order chi connectivity index (χ0) is 15.0. The van der Waals surface area contributed by atoms with Crippen LogP contribution in [0.3, 0.4) is 0 Å². The fourth-order valence-corrected chi connectivity index (χ4v) is 4.84. The maximum absolute atomic E-state index is 5.03. The van der Waals surface area contributed by atoms with Crippen molar-refractivity contribution in [3.63, 3.8) is 0 Å². The second-order valence-corrected chi connectivity index (χ2v) is 8.71. The van der Waals surface area contributed by atoms with Gasteiger partial charge in [-0.3, -0.25) is 0 Å². The van der Waals surface area contributed by atoms with Crippen molar-refractivity contribution >= 4 is 16.5 Å². The number of nitrogens with one attached hydrogen (secondary N) is 1. The van der Waals surface area contributed by atoms with E-state index < -0.39 is 0 Å². The molecule has 21 heavy (non-hydrogen) atoms. The molecule has 1 N–H and O–H groups in total. The molecule has 2 unspecified atom stereocenters. The lowest BCUT2D eigenvalue weighted by Gasteiger charge is -2.34. The molecule has 1 aliphatic carbocycles. The number of anilines is 1. The van der Waals surface area contributed by atoms with Crippen LogP contribution in [0, 0.1) is 11.3 Å². The van der Waals surface area contributed by atoms with Crippen LogP contribution in [0.1, 0.15) is 63.6 Å². The molecule has 2 aliphatic rings. The minimum absolute atomic E-state index is 0.363. The van der Waals surface area contributed by atoms with Gasteiger partial charge in [-0.2, -0.15) is 0 Å². The van der Waals surface area contributed by atoms with Gasteiger partial charge < -0.3 is 10.2 Å². The van der Waals surface area contributed by atoms with E-state index >= 15 is 0 Å². The average Bonchev–Trinajstić information content (AvgIpc) is 3.00. The molecule has 0 spiro atoms. The largest absolute Gasteiger partial charge is 0.348 e. The molecule has 118 valence electrons. The molecule has 2 heterocycles. The van der Waals surface area contributed by atoms with Crippen LogP contribution in [0.5, 0.6) is 0 Å². The van der Waals surface area contributed by atoms with E-state index in [9.17, 15) is 0 Å². The first-order valence-electron chi connectivity index (χ1n) is 8.46. The number of nitrogens with zero attached hydrogens (tertiary/aromatic N) is 2. The van der Waals surface area contributed by atoms with Gasteiger partial charge >= 0.3 is 0 Å². The molecule has 1 aromatic rings. The van der Waals surface area contributed by atoms with Crippen molar-refractivity contribution in [1.29, 1.82) is 0 Å². The molecule has 0 amide bonds. The standard InChI is InChI=1S/C17H29N3S/c1-5-7-18-13-9-17(3,4)10-14-15(13)21-16(19-14)20-8-6-12(2)11-20/h12-13,18H,5-11H2,1-4H3. The lowest BCUT2D eigenvalue weighted by Crippen LogP contribution is -2.33. The van der Waals surface area contributed by atoms with Crippen molar-refractivity contribution in [2.75, 3.05) is 24.5 Å². The highest BCUT2D eigenvalue weighted by molar-refractivity contribution is 7.15. The average molecular weight is 308 g/mol. The Hall–Kier alpha value is -0.610. The summed E-state index contributed by atoms with van der Waals surface area (Å²) in [6.07, 6.45) is 4.87. The van der Waals surface area contributed by atoms with Gasteiger partial charge in [0.05, 0.1) is 5.69 Å². The van der Waals surface area contributed by atoms with E-state index in [1.807, 2.05) is 11.3 Å². The summed E-state index contributed by atoms with van der Waals surface area (Å²) in [5.41, 5.74) is 1.72. The smallest absolute Gasteiger partial charge is 0.185 e. The first kappa shape index (κ1) is 15.3. The van der Waals surface area contributed by atoms with Crippen LogP contribution in [0.4, 0.5) is 5.13 Å². The second-order valence-electron chi connectivity index (χ2n) is 7.70. The Kier molecular flexibility index (Phi) is 4.28. The molecular weight excluding hydrogens is 278 g/mol. The quantitative estimate of drug-likeness (QED) is 0.911. The molecule has 3 rings (SSSR count). The summed E-state index contributed by atoms with van der Waals surface area (Å²) in [5.74, 6) is 0.816. The Morgan fingerprint density at radius 2 is 2.24 bits per heavy atom. The van der Waals surface area contributed by atoms with E-state index in [1.165, 1.54) is 48.1 Å². The van der Waals surface area contributed by atoms with Crippen molar-refractivity contribution in [2.45, 2.75) is 59.4 Å². The van der Waals surface area contributed by atoms with Crippen molar-refractivity contribution in [3.05, 3.63) is 10.6 Å². The maximum atomic E-state index is 5.03. The fourth-order valence-electron chi connectivity index (χ4n) is 3.65. The number of rotatable bonds is 4. The molecule has 1 saturated heterocycles. The molecule has 3 nitrogen and oxygen atoms in total. The van der Waals surface area contributed by atoms with Gasteiger partial charge in [-0.25, -0.2) is 4.98 Å². The molecule has 1 fully saturated rings. The fraction of sp³-hybridized carbons (Fsp3) is 0.824. The summed E-state index contributed by atoms with van der Waals surface area (Å²) < 4.78 is 0. The number of hydrogen-bond acceptors (Lipinski definition) is 4. The number of hydrogen-bond donors (Lipinski definition) is 1. The number of fused-ring (bicyclic) bond motifs is 1. The third-order valence-electron chi connectivity index (χ3n) is 4.77. The SMILES string of the molecule is CCCNC1CC(C)(C)Cc2nc(N3CCC(C)C3)sc21. The Morgan fingerprint density at radius 1 is 1.43 bits per heavy atom. The summed E-state index contributed by atoms with van der Waals surface area (Å²) in [5, 5.41) is 5.02. The third kappa shape index (κ3) is 3.26. The van der Waals surface area contributed by atoms with Gasteiger partial charge in [0, 0.05) is 24.0 Å². The Bertz CT molecular complexity index is 494. The van der Waals surface area contributed by atoms with Gasteiger partial charge in [-0.1, -0.05) is 39.0 Å². The predicted molar refractivity (Wildman–Crippen MR) is 91.2 cm³/mol. The Morgan fingerprint density at radius 3 is 2.90 bits per heavy atom.